The summed E-state index contributed by atoms with van der Waals surface area (Å²) in [7, 11) is 1.71. The molecule has 0 saturated carbocycles. The average Bonchev–Trinajstić information content (AvgIpc) is 2.55. The molecular weight excluding hydrogens is 272 g/mol. The maximum atomic E-state index is 6.32. The van der Waals surface area contributed by atoms with E-state index in [1.165, 1.54) is 16.8 Å². The maximum Gasteiger partial charge on any atom is 0.119 e. The summed E-state index contributed by atoms with van der Waals surface area (Å²) >= 11 is 0. The predicted octanol–water partition coefficient (Wildman–Crippen LogP) is 3.32. The minimum Gasteiger partial charge on any atom is -0.497 e. The van der Waals surface area contributed by atoms with Gasteiger partial charge in [0.15, 0.2) is 0 Å². The Morgan fingerprint density at radius 2 is 1.86 bits per heavy atom. The summed E-state index contributed by atoms with van der Waals surface area (Å²) < 4.78 is 5.35. The van der Waals surface area contributed by atoms with Gasteiger partial charge in [0.2, 0.25) is 0 Å². The lowest BCUT2D eigenvalue weighted by Gasteiger charge is -2.38. The third-order valence-corrected chi connectivity index (χ3v) is 4.45. The Bertz CT molecular complexity index is 624. The van der Waals surface area contributed by atoms with Crippen LogP contribution >= 0.6 is 0 Å². The summed E-state index contributed by atoms with van der Waals surface area (Å²) in [6.07, 6.45) is 1.02. The minimum atomic E-state index is 0.200. The number of ether oxygens (including phenoxy) is 1. The number of piperidine rings is 1. The summed E-state index contributed by atoms with van der Waals surface area (Å²) in [6.45, 7) is 4.04. The SMILES string of the molecule is COc1cccc(C2CC(N)CN(c3ccc(C)cc3)C2)c1. The van der Waals surface area contributed by atoms with Crippen molar-refractivity contribution in [3.63, 3.8) is 0 Å². The number of nitrogens with zero attached hydrogens (tertiary/aromatic N) is 1. The van der Waals surface area contributed by atoms with Crippen molar-refractivity contribution < 1.29 is 4.74 Å². The molecule has 116 valence electrons. The monoisotopic (exact) mass is 296 g/mol. The summed E-state index contributed by atoms with van der Waals surface area (Å²) in [6, 6.07) is 17.3. The van der Waals surface area contributed by atoms with Gasteiger partial charge in [0, 0.05) is 30.7 Å². The molecule has 3 rings (SSSR count). The van der Waals surface area contributed by atoms with Gasteiger partial charge in [-0.1, -0.05) is 29.8 Å². The molecule has 3 heteroatoms. The first-order valence-electron chi connectivity index (χ1n) is 7.87. The number of hydrogen-bond acceptors (Lipinski definition) is 3. The predicted molar refractivity (Wildman–Crippen MR) is 91.7 cm³/mol. The van der Waals surface area contributed by atoms with Crippen molar-refractivity contribution in [1.82, 2.24) is 0 Å². The zero-order chi connectivity index (χ0) is 15.5. The Labute approximate surface area is 132 Å². The molecule has 2 unspecified atom stereocenters. The van der Waals surface area contributed by atoms with E-state index in [0.29, 0.717) is 5.92 Å². The van der Waals surface area contributed by atoms with Crippen LogP contribution in [0.25, 0.3) is 0 Å². The van der Waals surface area contributed by atoms with Crippen LogP contribution in [0.3, 0.4) is 0 Å². The number of aryl methyl sites for hydroxylation is 1. The van der Waals surface area contributed by atoms with Crippen LogP contribution < -0.4 is 15.4 Å². The lowest BCUT2D eigenvalue weighted by Crippen LogP contribution is -2.46. The van der Waals surface area contributed by atoms with Crippen LogP contribution in [0, 0.1) is 6.92 Å². The highest BCUT2D eigenvalue weighted by molar-refractivity contribution is 5.49. The zero-order valence-electron chi connectivity index (χ0n) is 13.3. The molecule has 0 amide bonds. The van der Waals surface area contributed by atoms with Gasteiger partial charge in [0.25, 0.3) is 0 Å². The van der Waals surface area contributed by atoms with Crippen LogP contribution in [0.2, 0.25) is 0 Å². The second-order valence-electron chi connectivity index (χ2n) is 6.21. The largest absolute Gasteiger partial charge is 0.497 e. The number of nitrogens with two attached hydrogens (primary N) is 1. The summed E-state index contributed by atoms with van der Waals surface area (Å²) in [5, 5.41) is 0. The van der Waals surface area contributed by atoms with Crippen molar-refractivity contribution in [3.8, 4) is 5.75 Å². The molecule has 0 radical (unpaired) electrons. The topological polar surface area (TPSA) is 38.5 Å². The van der Waals surface area contributed by atoms with Gasteiger partial charge < -0.3 is 15.4 Å². The number of hydrogen-bond donors (Lipinski definition) is 1. The quantitative estimate of drug-likeness (QED) is 0.944. The van der Waals surface area contributed by atoms with Crippen LogP contribution in [-0.2, 0) is 0 Å². The van der Waals surface area contributed by atoms with Crippen LogP contribution in [0.15, 0.2) is 48.5 Å². The Balaban J connectivity index is 1.82. The summed E-state index contributed by atoms with van der Waals surface area (Å²) in [5.41, 5.74) is 10.2. The maximum absolute atomic E-state index is 6.32. The van der Waals surface area contributed by atoms with E-state index in [1.54, 1.807) is 7.11 Å². The van der Waals surface area contributed by atoms with E-state index in [9.17, 15) is 0 Å². The smallest absolute Gasteiger partial charge is 0.119 e. The van der Waals surface area contributed by atoms with E-state index in [1.807, 2.05) is 6.07 Å². The fraction of sp³-hybridized carbons (Fsp3) is 0.368. The molecule has 1 fully saturated rings. The fourth-order valence-corrected chi connectivity index (χ4v) is 3.24. The molecule has 0 bridgehead atoms. The first-order chi connectivity index (χ1) is 10.7. The lowest BCUT2D eigenvalue weighted by molar-refractivity contribution is 0.411. The van der Waals surface area contributed by atoms with Gasteiger partial charge in [-0.3, -0.25) is 0 Å². The molecule has 2 atom stereocenters. The van der Waals surface area contributed by atoms with Crippen molar-refractivity contribution in [1.29, 1.82) is 0 Å². The summed E-state index contributed by atoms with van der Waals surface area (Å²) in [5.74, 6) is 1.36. The zero-order valence-corrected chi connectivity index (χ0v) is 13.3. The number of anilines is 1. The van der Waals surface area contributed by atoms with E-state index in [4.69, 9.17) is 10.5 Å². The Kier molecular flexibility index (Phi) is 4.34. The van der Waals surface area contributed by atoms with E-state index < -0.39 is 0 Å². The molecule has 0 aliphatic carbocycles. The van der Waals surface area contributed by atoms with Crippen LogP contribution in [0.5, 0.6) is 5.75 Å². The van der Waals surface area contributed by atoms with E-state index in [2.05, 4.69) is 54.3 Å². The number of benzene rings is 2. The minimum absolute atomic E-state index is 0.200. The summed E-state index contributed by atoms with van der Waals surface area (Å²) in [4.78, 5) is 2.40. The Hall–Kier alpha value is -2.00. The van der Waals surface area contributed by atoms with Crippen molar-refractivity contribution in [3.05, 3.63) is 59.7 Å². The van der Waals surface area contributed by atoms with Crippen molar-refractivity contribution >= 4 is 5.69 Å². The Morgan fingerprint density at radius 3 is 2.59 bits per heavy atom. The molecule has 0 spiro atoms. The van der Waals surface area contributed by atoms with E-state index in [-0.39, 0.29) is 6.04 Å². The van der Waals surface area contributed by atoms with Crippen LogP contribution in [0.1, 0.15) is 23.5 Å². The van der Waals surface area contributed by atoms with Gasteiger partial charge in [-0.25, -0.2) is 0 Å². The highest BCUT2D eigenvalue weighted by atomic mass is 16.5. The van der Waals surface area contributed by atoms with Gasteiger partial charge >= 0.3 is 0 Å². The standard InChI is InChI=1S/C19H24N2O/c1-14-6-8-18(9-7-14)21-12-16(10-17(20)13-21)15-4-3-5-19(11-15)22-2/h3-9,11,16-17H,10,12-13,20H2,1-2H3. The normalized spacial score (nSPS) is 21.7. The molecule has 3 nitrogen and oxygen atoms in total. The lowest BCUT2D eigenvalue weighted by atomic mass is 9.88. The molecule has 2 aromatic rings. The molecule has 1 saturated heterocycles. The molecular formula is C19H24N2O. The second-order valence-corrected chi connectivity index (χ2v) is 6.21. The Morgan fingerprint density at radius 1 is 1.09 bits per heavy atom. The van der Waals surface area contributed by atoms with E-state index >= 15 is 0 Å². The third kappa shape index (κ3) is 3.25. The van der Waals surface area contributed by atoms with Crippen LogP contribution in [0.4, 0.5) is 5.69 Å². The number of methoxy groups -OCH3 is 1. The van der Waals surface area contributed by atoms with Gasteiger partial charge in [-0.05, 0) is 43.2 Å². The average molecular weight is 296 g/mol. The number of rotatable bonds is 3. The fourth-order valence-electron chi connectivity index (χ4n) is 3.24. The van der Waals surface area contributed by atoms with Crippen molar-refractivity contribution in [2.75, 3.05) is 25.1 Å². The molecule has 1 aliphatic heterocycles. The highest BCUT2D eigenvalue weighted by Crippen LogP contribution is 2.31. The molecule has 2 aromatic carbocycles. The van der Waals surface area contributed by atoms with Gasteiger partial charge in [-0.2, -0.15) is 0 Å². The van der Waals surface area contributed by atoms with Gasteiger partial charge in [0.1, 0.15) is 5.75 Å². The van der Waals surface area contributed by atoms with Gasteiger partial charge in [0.05, 0.1) is 7.11 Å². The highest BCUT2D eigenvalue weighted by Gasteiger charge is 2.26. The third-order valence-electron chi connectivity index (χ3n) is 4.45. The van der Waals surface area contributed by atoms with Crippen molar-refractivity contribution in [2.24, 2.45) is 5.73 Å². The van der Waals surface area contributed by atoms with Gasteiger partial charge in [-0.15, -0.1) is 0 Å². The van der Waals surface area contributed by atoms with Crippen molar-refractivity contribution in [2.45, 2.75) is 25.3 Å². The molecule has 2 N–H and O–H groups in total. The molecule has 1 heterocycles. The first-order valence-corrected chi connectivity index (χ1v) is 7.87. The molecule has 1 aliphatic rings. The van der Waals surface area contributed by atoms with Crippen LogP contribution in [-0.4, -0.2) is 26.2 Å². The first kappa shape index (κ1) is 14.9. The molecule has 0 aromatic heterocycles. The van der Waals surface area contributed by atoms with E-state index in [0.717, 1.165) is 25.3 Å². The molecule has 22 heavy (non-hydrogen) atoms. The second kappa shape index (κ2) is 6.41.